The molecule has 1 aliphatic heterocycles. The molecule has 1 aliphatic rings. The number of aromatic nitrogens is 2. The van der Waals surface area contributed by atoms with Crippen molar-refractivity contribution in [3.05, 3.63) is 132 Å². The minimum atomic E-state index is -0.350. The third-order valence-corrected chi connectivity index (χ3v) is 7.65. The fourth-order valence-electron chi connectivity index (χ4n) is 5.52. The molecule has 7 heteroatoms. The predicted molar refractivity (Wildman–Crippen MR) is 163 cm³/mol. The van der Waals surface area contributed by atoms with Crippen LogP contribution in [0.5, 0.6) is 11.5 Å². The number of hydrogen-bond acceptors (Lipinski definition) is 4. The van der Waals surface area contributed by atoms with Gasteiger partial charge in [0.2, 0.25) is 0 Å². The summed E-state index contributed by atoms with van der Waals surface area (Å²) >= 11 is 0. The quantitative estimate of drug-likeness (QED) is 0.205. The summed E-state index contributed by atoms with van der Waals surface area (Å²) in [7, 11) is 1.52. The Labute approximate surface area is 242 Å². The standard InChI is InChI=1S/C35H27N3O4/c1-38-34(39)30(26-18-36-32-24(26)14-8-16-28(32)41-20-22-10-4-2-5-11-22)31(35(38)40)27-19-37-33-25(27)15-9-17-29(33)42-21-23-12-6-3-7-13-23/h2-19,36-37H,20-21H2,1H3. The average Bonchev–Trinajstić information content (AvgIpc) is 3.71. The summed E-state index contributed by atoms with van der Waals surface area (Å²) in [4.78, 5) is 34.9. The molecule has 6 aromatic rings. The van der Waals surface area contributed by atoms with Crippen molar-refractivity contribution in [1.29, 1.82) is 0 Å². The highest BCUT2D eigenvalue weighted by molar-refractivity contribution is 6.50. The van der Waals surface area contributed by atoms with E-state index in [0.29, 0.717) is 47.0 Å². The molecule has 0 spiro atoms. The molecule has 0 bridgehead atoms. The molecule has 0 unspecified atom stereocenters. The lowest BCUT2D eigenvalue weighted by Crippen LogP contribution is -2.26. The van der Waals surface area contributed by atoms with E-state index in [2.05, 4.69) is 9.97 Å². The molecular formula is C35H27N3O4. The summed E-state index contributed by atoms with van der Waals surface area (Å²) in [6.07, 6.45) is 3.56. The second-order valence-corrected chi connectivity index (χ2v) is 10.2. The van der Waals surface area contributed by atoms with Crippen LogP contribution >= 0.6 is 0 Å². The number of hydrogen-bond donors (Lipinski definition) is 2. The SMILES string of the molecule is CN1C(=O)C(c2c[nH]c3c(OCc4ccccc4)cccc23)=C(c2c[nH]c3c(OCc4ccccc4)cccc23)C1=O. The number of carbonyl (C=O) groups is 2. The number of carbonyl (C=O) groups excluding carboxylic acids is 2. The molecule has 206 valence electrons. The van der Waals surface area contributed by atoms with Crippen molar-refractivity contribution in [2.45, 2.75) is 13.2 Å². The van der Waals surface area contributed by atoms with Gasteiger partial charge in [0.25, 0.3) is 11.8 Å². The summed E-state index contributed by atoms with van der Waals surface area (Å²) in [5.41, 5.74) is 5.64. The van der Waals surface area contributed by atoms with Crippen LogP contribution in [-0.4, -0.2) is 33.7 Å². The summed E-state index contributed by atoms with van der Waals surface area (Å²) in [6, 6.07) is 31.3. The topological polar surface area (TPSA) is 87.4 Å². The second-order valence-electron chi connectivity index (χ2n) is 10.2. The molecule has 0 radical (unpaired) electrons. The van der Waals surface area contributed by atoms with Crippen molar-refractivity contribution in [3.63, 3.8) is 0 Å². The van der Waals surface area contributed by atoms with Gasteiger partial charge < -0.3 is 19.4 Å². The molecule has 2 amide bonds. The summed E-state index contributed by atoms with van der Waals surface area (Å²) in [6.45, 7) is 0.818. The van der Waals surface area contributed by atoms with Gasteiger partial charge >= 0.3 is 0 Å². The van der Waals surface area contributed by atoms with Crippen LogP contribution in [-0.2, 0) is 22.8 Å². The van der Waals surface area contributed by atoms with E-state index in [1.807, 2.05) is 97.1 Å². The van der Waals surface area contributed by atoms with Crippen molar-refractivity contribution in [1.82, 2.24) is 14.9 Å². The van der Waals surface area contributed by atoms with E-state index in [-0.39, 0.29) is 11.8 Å². The molecule has 42 heavy (non-hydrogen) atoms. The molecule has 3 heterocycles. The first-order valence-corrected chi connectivity index (χ1v) is 13.7. The average molecular weight is 554 g/mol. The van der Waals surface area contributed by atoms with Crippen LogP contribution < -0.4 is 9.47 Å². The maximum absolute atomic E-state index is 13.6. The first kappa shape index (κ1) is 25.4. The Morgan fingerprint density at radius 2 is 1.00 bits per heavy atom. The number of likely N-dealkylation sites (N-methyl/N-ethyl adjacent to an activating group) is 1. The van der Waals surface area contributed by atoms with Gasteiger partial charge in [-0.05, 0) is 23.3 Å². The minimum absolute atomic E-state index is 0.350. The zero-order chi connectivity index (χ0) is 28.6. The number of para-hydroxylation sites is 2. The molecule has 2 N–H and O–H groups in total. The van der Waals surface area contributed by atoms with Gasteiger partial charge in [-0.3, -0.25) is 14.5 Å². The Bertz CT molecular complexity index is 1840. The maximum Gasteiger partial charge on any atom is 0.261 e. The van der Waals surface area contributed by atoms with Gasteiger partial charge in [-0.15, -0.1) is 0 Å². The van der Waals surface area contributed by atoms with Crippen molar-refractivity contribution in [3.8, 4) is 11.5 Å². The van der Waals surface area contributed by atoms with E-state index in [1.54, 1.807) is 12.4 Å². The molecule has 4 aromatic carbocycles. The highest BCUT2D eigenvalue weighted by Crippen LogP contribution is 2.42. The lowest BCUT2D eigenvalue weighted by Gasteiger charge is -2.09. The van der Waals surface area contributed by atoms with Crippen LogP contribution in [0, 0.1) is 0 Å². The predicted octanol–water partition coefficient (Wildman–Crippen LogP) is 6.72. The van der Waals surface area contributed by atoms with Crippen LogP contribution in [0.25, 0.3) is 33.0 Å². The molecule has 0 saturated heterocycles. The fraction of sp³-hybridized carbons (Fsp3) is 0.0857. The summed E-state index contributed by atoms with van der Waals surface area (Å²) in [5.74, 6) is 0.638. The van der Waals surface area contributed by atoms with Crippen molar-refractivity contribution < 1.29 is 19.1 Å². The van der Waals surface area contributed by atoms with Crippen LogP contribution in [0.2, 0.25) is 0 Å². The number of fused-ring (bicyclic) bond motifs is 2. The molecule has 0 aliphatic carbocycles. The van der Waals surface area contributed by atoms with Gasteiger partial charge in [-0.2, -0.15) is 0 Å². The third kappa shape index (κ3) is 4.32. The van der Waals surface area contributed by atoms with E-state index in [0.717, 1.165) is 32.9 Å². The van der Waals surface area contributed by atoms with Gasteiger partial charge in [-0.25, -0.2) is 0 Å². The van der Waals surface area contributed by atoms with E-state index in [4.69, 9.17) is 9.47 Å². The number of aromatic amines is 2. The normalized spacial score (nSPS) is 13.5. The van der Waals surface area contributed by atoms with Crippen LogP contribution in [0.15, 0.2) is 109 Å². The van der Waals surface area contributed by atoms with Crippen LogP contribution in [0.1, 0.15) is 22.3 Å². The zero-order valence-corrected chi connectivity index (χ0v) is 22.9. The molecule has 2 aromatic heterocycles. The van der Waals surface area contributed by atoms with E-state index in [1.165, 1.54) is 11.9 Å². The van der Waals surface area contributed by atoms with Crippen molar-refractivity contribution >= 4 is 44.8 Å². The molecule has 7 rings (SSSR count). The molecule has 0 fully saturated rings. The highest BCUT2D eigenvalue weighted by atomic mass is 16.5. The van der Waals surface area contributed by atoms with Gasteiger partial charge in [-0.1, -0.05) is 84.9 Å². The zero-order valence-electron chi connectivity index (χ0n) is 22.9. The number of H-pyrrole nitrogens is 2. The Morgan fingerprint density at radius 3 is 1.43 bits per heavy atom. The minimum Gasteiger partial charge on any atom is -0.487 e. The lowest BCUT2D eigenvalue weighted by molar-refractivity contribution is -0.134. The number of ether oxygens (including phenoxy) is 2. The maximum atomic E-state index is 13.6. The number of nitrogens with zero attached hydrogens (tertiary/aromatic N) is 1. The van der Waals surface area contributed by atoms with Gasteiger partial charge in [0.15, 0.2) is 0 Å². The smallest absolute Gasteiger partial charge is 0.261 e. The summed E-state index contributed by atoms with van der Waals surface area (Å²) in [5, 5.41) is 1.60. The van der Waals surface area contributed by atoms with Gasteiger partial charge in [0.1, 0.15) is 24.7 Å². The second kappa shape index (κ2) is 10.4. The van der Waals surface area contributed by atoms with Crippen LogP contribution in [0.4, 0.5) is 0 Å². The Kier molecular flexibility index (Phi) is 6.32. The number of benzene rings is 4. The molecule has 0 saturated carbocycles. The Morgan fingerprint density at radius 1 is 0.571 bits per heavy atom. The lowest BCUT2D eigenvalue weighted by atomic mass is 9.95. The van der Waals surface area contributed by atoms with Crippen LogP contribution in [0.3, 0.4) is 0 Å². The van der Waals surface area contributed by atoms with Gasteiger partial charge in [0, 0.05) is 41.3 Å². The van der Waals surface area contributed by atoms with E-state index < -0.39 is 0 Å². The summed E-state index contributed by atoms with van der Waals surface area (Å²) < 4.78 is 12.3. The number of amides is 2. The Hall–Kier alpha value is -5.56. The molecular weight excluding hydrogens is 526 g/mol. The number of imide groups is 1. The monoisotopic (exact) mass is 553 g/mol. The van der Waals surface area contributed by atoms with Crippen molar-refractivity contribution in [2.24, 2.45) is 0 Å². The van der Waals surface area contributed by atoms with Crippen molar-refractivity contribution in [2.75, 3.05) is 7.05 Å². The largest absolute Gasteiger partial charge is 0.487 e. The molecule has 0 atom stereocenters. The number of nitrogens with one attached hydrogen (secondary N) is 2. The third-order valence-electron chi connectivity index (χ3n) is 7.65. The van der Waals surface area contributed by atoms with E-state index in [9.17, 15) is 9.59 Å². The van der Waals surface area contributed by atoms with Gasteiger partial charge in [0.05, 0.1) is 22.2 Å². The Balaban J connectivity index is 1.30. The first-order chi connectivity index (χ1) is 20.6. The van der Waals surface area contributed by atoms with E-state index >= 15 is 0 Å². The fourth-order valence-corrected chi connectivity index (χ4v) is 5.52. The molecule has 7 nitrogen and oxygen atoms in total. The number of rotatable bonds is 8. The first-order valence-electron chi connectivity index (χ1n) is 13.7. The highest BCUT2D eigenvalue weighted by Gasteiger charge is 2.39.